The number of rotatable bonds is 10. The lowest BCUT2D eigenvalue weighted by Gasteiger charge is -2.10. The molecule has 35 heavy (non-hydrogen) atoms. The Kier molecular flexibility index (Phi) is 9.09. The number of methoxy groups -OCH3 is 1. The van der Waals surface area contributed by atoms with Gasteiger partial charge in [0.15, 0.2) is 6.61 Å². The predicted octanol–water partition coefficient (Wildman–Crippen LogP) is 5.35. The van der Waals surface area contributed by atoms with Crippen molar-refractivity contribution in [2.24, 2.45) is 0 Å². The minimum absolute atomic E-state index is 0.0854. The number of anilines is 2. The van der Waals surface area contributed by atoms with Crippen LogP contribution in [-0.4, -0.2) is 31.5 Å². The molecule has 0 aromatic heterocycles. The molecule has 2 N–H and O–H groups in total. The number of amides is 2. The van der Waals surface area contributed by atoms with E-state index in [1.807, 2.05) is 6.92 Å². The lowest BCUT2D eigenvalue weighted by molar-refractivity contribution is -0.147. The Labute approximate surface area is 208 Å². The van der Waals surface area contributed by atoms with Gasteiger partial charge in [-0.05, 0) is 73.2 Å². The first kappa shape index (κ1) is 25.6. The first-order valence-corrected chi connectivity index (χ1v) is 11.1. The van der Waals surface area contributed by atoms with Crippen LogP contribution in [0.4, 0.5) is 11.4 Å². The highest BCUT2D eigenvalue weighted by atomic mass is 35.5. The van der Waals surface area contributed by atoms with Crippen molar-refractivity contribution >= 4 is 40.8 Å². The molecule has 3 aromatic carbocycles. The van der Waals surface area contributed by atoms with Gasteiger partial charge in [-0.25, -0.2) is 0 Å². The monoisotopic (exact) mass is 496 g/mol. The lowest BCUT2D eigenvalue weighted by atomic mass is 10.2. The van der Waals surface area contributed by atoms with Crippen molar-refractivity contribution in [3.05, 3.63) is 77.3 Å². The summed E-state index contributed by atoms with van der Waals surface area (Å²) in [7, 11) is 1.59. The Balaban J connectivity index is 1.37. The summed E-state index contributed by atoms with van der Waals surface area (Å²) in [6, 6.07) is 19.1. The van der Waals surface area contributed by atoms with Gasteiger partial charge in [-0.2, -0.15) is 0 Å². The average Bonchev–Trinajstić information content (AvgIpc) is 2.85. The van der Waals surface area contributed by atoms with Gasteiger partial charge in [-0.15, -0.1) is 0 Å². The van der Waals surface area contributed by atoms with E-state index in [9.17, 15) is 14.4 Å². The number of carbonyl (C=O) groups excluding carboxylic acids is 3. The highest BCUT2D eigenvalue weighted by molar-refractivity contribution is 6.31. The minimum atomic E-state index is -0.652. The Bertz CT molecular complexity index is 1180. The Hall–Kier alpha value is -4.04. The quantitative estimate of drug-likeness (QED) is 0.367. The number of hydrogen-bond acceptors (Lipinski definition) is 6. The summed E-state index contributed by atoms with van der Waals surface area (Å²) in [5.74, 6) is 0.479. The fraction of sp³-hybridized carbons (Fsp3) is 0.192. The van der Waals surface area contributed by atoms with Crippen molar-refractivity contribution in [1.82, 2.24) is 0 Å². The molecule has 3 aromatic rings. The van der Waals surface area contributed by atoms with Crippen LogP contribution >= 0.6 is 11.6 Å². The van der Waals surface area contributed by atoms with Crippen LogP contribution < -0.4 is 20.1 Å². The number of carbonyl (C=O) groups is 3. The van der Waals surface area contributed by atoms with E-state index >= 15 is 0 Å². The molecule has 0 bridgehead atoms. The summed E-state index contributed by atoms with van der Waals surface area (Å²) in [6.45, 7) is 1.36. The Morgan fingerprint density at radius 3 is 2.09 bits per heavy atom. The Morgan fingerprint density at radius 2 is 1.43 bits per heavy atom. The molecule has 0 spiro atoms. The number of aryl methyl sites for hydroxylation is 1. The van der Waals surface area contributed by atoms with Gasteiger partial charge in [0.2, 0.25) is 5.91 Å². The van der Waals surface area contributed by atoms with Gasteiger partial charge in [-0.1, -0.05) is 17.7 Å². The topological polar surface area (TPSA) is 103 Å². The second-order valence-corrected chi connectivity index (χ2v) is 7.95. The molecule has 0 aliphatic rings. The number of ether oxygens (including phenoxy) is 3. The maximum absolute atomic E-state index is 12.1. The van der Waals surface area contributed by atoms with E-state index in [0.29, 0.717) is 27.9 Å². The van der Waals surface area contributed by atoms with E-state index in [2.05, 4.69) is 10.6 Å². The number of halogens is 1. The van der Waals surface area contributed by atoms with Crippen molar-refractivity contribution in [3.8, 4) is 17.2 Å². The third-order valence-corrected chi connectivity index (χ3v) is 5.06. The third-order valence-electron chi connectivity index (χ3n) is 4.83. The van der Waals surface area contributed by atoms with Crippen LogP contribution in [-0.2, 0) is 19.1 Å². The molecule has 3 rings (SSSR count). The maximum atomic E-state index is 12.1. The third kappa shape index (κ3) is 8.35. The second-order valence-electron chi connectivity index (χ2n) is 7.52. The zero-order valence-electron chi connectivity index (χ0n) is 19.3. The molecule has 0 heterocycles. The largest absolute Gasteiger partial charge is 0.497 e. The summed E-state index contributed by atoms with van der Waals surface area (Å²) in [5.41, 5.74) is 1.92. The molecule has 182 valence electrons. The van der Waals surface area contributed by atoms with Crippen molar-refractivity contribution in [2.75, 3.05) is 24.4 Å². The predicted molar refractivity (Wildman–Crippen MR) is 133 cm³/mol. The Morgan fingerprint density at radius 1 is 0.800 bits per heavy atom. The molecule has 2 amide bonds. The summed E-state index contributed by atoms with van der Waals surface area (Å²) < 4.78 is 15.8. The normalized spacial score (nSPS) is 10.3. The SMILES string of the molecule is COc1ccc(Oc2ccc(NC(=O)CCC(=O)OCC(=O)Nc3cc(Cl)ccc3C)cc2)cc1. The summed E-state index contributed by atoms with van der Waals surface area (Å²) in [5, 5.41) is 5.81. The number of hydrogen-bond donors (Lipinski definition) is 2. The zero-order chi connectivity index (χ0) is 25.2. The van der Waals surface area contributed by atoms with Crippen molar-refractivity contribution < 1.29 is 28.6 Å². The van der Waals surface area contributed by atoms with Crippen LogP contribution in [0.5, 0.6) is 17.2 Å². The smallest absolute Gasteiger partial charge is 0.306 e. The number of esters is 1. The number of nitrogens with one attached hydrogen (secondary N) is 2. The molecule has 0 saturated carbocycles. The molecule has 0 aliphatic heterocycles. The minimum Gasteiger partial charge on any atom is -0.497 e. The summed E-state index contributed by atoms with van der Waals surface area (Å²) >= 11 is 5.92. The van der Waals surface area contributed by atoms with Crippen LogP contribution in [0.15, 0.2) is 66.7 Å². The molecule has 0 saturated heterocycles. The van der Waals surface area contributed by atoms with Crippen LogP contribution in [0.1, 0.15) is 18.4 Å². The zero-order valence-corrected chi connectivity index (χ0v) is 20.1. The van der Waals surface area contributed by atoms with Gasteiger partial charge in [0, 0.05) is 22.8 Å². The molecule has 8 nitrogen and oxygen atoms in total. The van der Waals surface area contributed by atoms with Crippen LogP contribution in [0, 0.1) is 6.92 Å². The second kappa shape index (κ2) is 12.4. The van der Waals surface area contributed by atoms with Crippen LogP contribution in [0.25, 0.3) is 0 Å². The maximum Gasteiger partial charge on any atom is 0.306 e. The van der Waals surface area contributed by atoms with Gasteiger partial charge < -0.3 is 24.8 Å². The van der Waals surface area contributed by atoms with E-state index in [0.717, 1.165) is 11.3 Å². The van der Waals surface area contributed by atoms with Gasteiger partial charge >= 0.3 is 5.97 Å². The fourth-order valence-electron chi connectivity index (χ4n) is 2.96. The van der Waals surface area contributed by atoms with Gasteiger partial charge in [0.05, 0.1) is 13.5 Å². The highest BCUT2D eigenvalue weighted by Gasteiger charge is 2.12. The standard InChI is InChI=1S/C26H25ClN2O6/c1-17-3-4-18(27)15-23(17)29-25(31)16-34-26(32)14-13-24(30)28-19-5-7-21(8-6-19)35-22-11-9-20(33-2)10-12-22/h3-12,15H,13-14,16H2,1-2H3,(H,28,30)(H,29,31). The molecular formula is C26H25ClN2O6. The fourth-order valence-corrected chi connectivity index (χ4v) is 3.13. The van der Waals surface area contributed by atoms with E-state index in [1.165, 1.54) is 0 Å². The van der Waals surface area contributed by atoms with Gasteiger partial charge in [0.1, 0.15) is 17.2 Å². The summed E-state index contributed by atoms with van der Waals surface area (Å²) in [4.78, 5) is 36.1. The number of benzene rings is 3. The average molecular weight is 497 g/mol. The van der Waals surface area contributed by atoms with Crippen LogP contribution in [0.2, 0.25) is 5.02 Å². The molecule has 0 unspecified atom stereocenters. The van der Waals surface area contributed by atoms with Gasteiger partial charge in [-0.3, -0.25) is 14.4 Å². The molecule has 0 fully saturated rings. The molecule has 0 radical (unpaired) electrons. The highest BCUT2D eigenvalue weighted by Crippen LogP contribution is 2.25. The van der Waals surface area contributed by atoms with Crippen molar-refractivity contribution in [3.63, 3.8) is 0 Å². The van der Waals surface area contributed by atoms with E-state index in [1.54, 1.807) is 73.8 Å². The van der Waals surface area contributed by atoms with Crippen LogP contribution in [0.3, 0.4) is 0 Å². The molecule has 0 aliphatic carbocycles. The first-order valence-electron chi connectivity index (χ1n) is 10.8. The summed E-state index contributed by atoms with van der Waals surface area (Å²) in [6.07, 6.45) is -0.244. The van der Waals surface area contributed by atoms with E-state index < -0.39 is 18.5 Å². The van der Waals surface area contributed by atoms with Gasteiger partial charge in [0.25, 0.3) is 5.91 Å². The molecule has 0 atom stereocenters. The van der Waals surface area contributed by atoms with E-state index in [4.69, 9.17) is 25.8 Å². The molecule has 9 heteroatoms. The van der Waals surface area contributed by atoms with E-state index in [-0.39, 0.29) is 18.7 Å². The first-order chi connectivity index (χ1) is 16.8. The van der Waals surface area contributed by atoms with Crippen molar-refractivity contribution in [1.29, 1.82) is 0 Å². The molecular weight excluding hydrogens is 472 g/mol. The van der Waals surface area contributed by atoms with Crippen molar-refractivity contribution in [2.45, 2.75) is 19.8 Å². The lowest BCUT2D eigenvalue weighted by Crippen LogP contribution is -2.22.